The molecule has 0 spiro atoms. The van der Waals surface area contributed by atoms with E-state index in [0.29, 0.717) is 6.42 Å². The fraction of sp³-hybridized carbons (Fsp3) is 0.385. The van der Waals surface area contributed by atoms with Crippen LogP contribution < -0.4 is 5.32 Å². The number of carbonyl (C=O) groups excluding carboxylic acids is 2. The van der Waals surface area contributed by atoms with Gasteiger partial charge < -0.3 is 5.32 Å². The zero-order valence-electron chi connectivity index (χ0n) is 9.99. The predicted molar refractivity (Wildman–Crippen MR) is 74.6 cm³/mol. The molecule has 1 amide bonds. The average molecular weight is 279 g/mol. The van der Waals surface area contributed by atoms with Gasteiger partial charge in [0.1, 0.15) is 0 Å². The molecule has 0 radical (unpaired) electrons. The number of carbonyl (C=O) groups is 2. The van der Waals surface area contributed by atoms with Crippen LogP contribution in [-0.2, 0) is 11.2 Å². The van der Waals surface area contributed by atoms with Gasteiger partial charge >= 0.3 is 0 Å². The Kier molecular flexibility index (Phi) is 2.95. The highest BCUT2D eigenvalue weighted by molar-refractivity contribution is 7.29. The van der Waals surface area contributed by atoms with Crippen molar-refractivity contribution >= 4 is 44.3 Å². The maximum absolute atomic E-state index is 11.3. The molecular formula is C13H13NO2S2. The van der Waals surface area contributed by atoms with E-state index in [4.69, 9.17) is 0 Å². The van der Waals surface area contributed by atoms with Gasteiger partial charge in [0.05, 0.1) is 10.9 Å². The summed E-state index contributed by atoms with van der Waals surface area (Å²) in [5.74, 6) is 0.140. The second-order valence-electron chi connectivity index (χ2n) is 4.42. The summed E-state index contributed by atoms with van der Waals surface area (Å²) in [5, 5.41) is 2.99. The number of aldehydes is 1. The van der Waals surface area contributed by atoms with E-state index in [1.165, 1.54) is 14.3 Å². The maximum atomic E-state index is 11.3. The molecule has 1 aliphatic heterocycles. The van der Waals surface area contributed by atoms with Gasteiger partial charge in [-0.2, -0.15) is 0 Å². The van der Waals surface area contributed by atoms with Gasteiger partial charge in [-0.3, -0.25) is 9.59 Å². The van der Waals surface area contributed by atoms with Crippen LogP contribution in [0.4, 0.5) is 0 Å². The van der Waals surface area contributed by atoms with Crippen molar-refractivity contribution in [1.82, 2.24) is 5.32 Å². The smallest absolute Gasteiger partial charge is 0.220 e. The summed E-state index contributed by atoms with van der Waals surface area (Å²) in [6, 6.07) is 2.30. The van der Waals surface area contributed by atoms with E-state index in [2.05, 4.69) is 18.3 Å². The van der Waals surface area contributed by atoms with E-state index in [1.807, 2.05) is 0 Å². The molecule has 0 saturated carbocycles. The normalized spacial score (nSPS) is 19.4. The van der Waals surface area contributed by atoms with Gasteiger partial charge in [0.2, 0.25) is 5.91 Å². The van der Waals surface area contributed by atoms with Crippen LogP contribution in [0.3, 0.4) is 0 Å². The first kappa shape index (κ1) is 11.9. The highest BCUT2D eigenvalue weighted by atomic mass is 32.1. The highest BCUT2D eigenvalue weighted by Crippen LogP contribution is 2.40. The van der Waals surface area contributed by atoms with Crippen molar-refractivity contribution < 1.29 is 9.59 Å². The highest BCUT2D eigenvalue weighted by Gasteiger charge is 2.25. The summed E-state index contributed by atoms with van der Waals surface area (Å²) in [7, 11) is 0. The van der Waals surface area contributed by atoms with Gasteiger partial charge in [-0.25, -0.2) is 0 Å². The van der Waals surface area contributed by atoms with E-state index >= 15 is 0 Å². The van der Waals surface area contributed by atoms with Gasteiger partial charge in [0.15, 0.2) is 6.29 Å². The van der Waals surface area contributed by atoms with Crippen LogP contribution in [0, 0.1) is 0 Å². The second-order valence-corrected chi connectivity index (χ2v) is 6.58. The predicted octanol–water partition coefficient (Wildman–Crippen LogP) is 3.29. The van der Waals surface area contributed by atoms with E-state index in [0.717, 1.165) is 29.6 Å². The third kappa shape index (κ3) is 1.78. The van der Waals surface area contributed by atoms with Crippen LogP contribution in [0.5, 0.6) is 0 Å². The van der Waals surface area contributed by atoms with Crippen molar-refractivity contribution in [3.05, 3.63) is 21.4 Å². The molecular weight excluding hydrogens is 266 g/mol. The van der Waals surface area contributed by atoms with Gasteiger partial charge in [0.25, 0.3) is 0 Å². The molecule has 1 fully saturated rings. The van der Waals surface area contributed by atoms with Crippen molar-refractivity contribution in [3.8, 4) is 0 Å². The number of hydrogen-bond donors (Lipinski definition) is 1. The van der Waals surface area contributed by atoms with Crippen LogP contribution in [0.25, 0.3) is 9.40 Å². The largest absolute Gasteiger partial charge is 0.348 e. The summed E-state index contributed by atoms with van der Waals surface area (Å²) < 4.78 is 2.40. The molecule has 0 aromatic carbocycles. The lowest BCUT2D eigenvalue weighted by Gasteiger charge is -2.05. The molecule has 2 aromatic rings. The molecule has 94 valence electrons. The first-order chi connectivity index (χ1) is 8.72. The zero-order chi connectivity index (χ0) is 12.7. The van der Waals surface area contributed by atoms with Crippen molar-refractivity contribution in [2.45, 2.75) is 32.2 Å². The maximum Gasteiger partial charge on any atom is 0.220 e. The lowest BCUT2D eigenvalue weighted by Crippen LogP contribution is -2.17. The molecule has 3 heterocycles. The third-order valence-corrected chi connectivity index (χ3v) is 5.85. The van der Waals surface area contributed by atoms with Crippen LogP contribution in [0.15, 0.2) is 6.07 Å². The van der Waals surface area contributed by atoms with Crippen LogP contribution in [-0.4, -0.2) is 12.2 Å². The SMILES string of the molecule is CCc1c(C=O)sc2cc(C3CCC(=O)N3)sc12. The lowest BCUT2D eigenvalue weighted by molar-refractivity contribution is -0.119. The lowest BCUT2D eigenvalue weighted by atomic mass is 10.2. The molecule has 1 N–H and O–H groups in total. The van der Waals surface area contributed by atoms with Gasteiger partial charge in [-0.15, -0.1) is 22.7 Å². The Morgan fingerprint density at radius 3 is 2.94 bits per heavy atom. The van der Waals surface area contributed by atoms with E-state index in [1.54, 1.807) is 22.7 Å². The Morgan fingerprint density at radius 1 is 1.50 bits per heavy atom. The summed E-state index contributed by atoms with van der Waals surface area (Å²) in [6.07, 6.45) is 3.34. The Bertz CT molecular complexity index is 626. The van der Waals surface area contributed by atoms with Crippen molar-refractivity contribution in [2.24, 2.45) is 0 Å². The standard InChI is InChI=1S/C13H13NO2S2/c1-2-7-11(6-15)17-10-5-9(18-13(7)10)8-3-4-12(16)14-8/h5-6,8H,2-4H2,1H3,(H,14,16). The van der Waals surface area contributed by atoms with E-state index < -0.39 is 0 Å². The second kappa shape index (κ2) is 4.48. The van der Waals surface area contributed by atoms with Crippen LogP contribution >= 0.6 is 22.7 Å². The molecule has 0 aliphatic carbocycles. The summed E-state index contributed by atoms with van der Waals surface area (Å²) in [4.78, 5) is 24.3. The van der Waals surface area contributed by atoms with Gasteiger partial charge in [-0.05, 0) is 24.5 Å². The number of aryl methyl sites for hydroxylation is 1. The monoisotopic (exact) mass is 279 g/mol. The molecule has 2 aromatic heterocycles. The topological polar surface area (TPSA) is 46.2 Å². The molecule has 18 heavy (non-hydrogen) atoms. The minimum atomic E-state index is 0.140. The Hall–Kier alpha value is -1.20. The van der Waals surface area contributed by atoms with E-state index in [-0.39, 0.29) is 11.9 Å². The molecule has 0 bridgehead atoms. The molecule has 3 nitrogen and oxygen atoms in total. The van der Waals surface area contributed by atoms with Crippen molar-refractivity contribution in [2.75, 3.05) is 0 Å². The first-order valence-electron chi connectivity index (χ1n) is 6.02. The summed E-state index contributed by atoms with van der Waals surface area (Å²) in [6.45, 7) is 2.07. The number of rotatable bonds is 3. The fourth-order valence-corrected chi connectivity index (χ4v) is 5.11. The molecule has 1 saturated heterocycles. The van der Waals surface area contributed by atoms with Crippen LogP contribution in [0.2, 0.25) is 0 Å². The third-order valence-electron chi connectivity index (χ3n) is 3.31. The number of thiophene rings is 2. The van der Waals surface area contributed by atoms with Crippen LogP contribution in [0.1, 0.15) is 45.9 Å². The molecule has 3 rings (SSSR count). The molecule has 1 aliphatic rings. The number of nitrogens with one attached hydrogen (secondary N) is 1. The molecule has 1 atom stereocenters. The zero-order valence-corrected chi connectivity index (χ0v) is 11.6. The summed E-state index contributed by atoms with van der Waals surface area (Å²) in [5.41, 5.74) is 1.16. The number of hydrogen-bond acceptors (Lipinski definition) is 4. The Morgan fingerprint density at radius 2 is 2.33 bits per heavy atom. The van der Waals surface area contributed by atoms with Gasteiger partial charge in [-0.1, -0.05) is 6.92 Å². The quantitative estimate of drug-likeness (QED) is 0.876. The van der Waals surface area contributed by atoms with Crippen molar-refractivity contribution in [3.63, 3.8) is 0 Å². The first-order valence-corrected chi connectivity index (χ1v) is 7.66. The number of fused-ring (bicyclic) bond motifs is 1. The average Bonchev–Trinajstić information content (AvgIpc) is 3.00. The number of amides is 1. The Labute approximate surface area is 113 Å². The van der Waals surface area contributed by atoms with E-state index in [9.17, 15) is 9.59 Å². The van der Waals surface area contributed by atoms with Gasteiger partial charge in [0, 0.05) is 20.7 Å². The minimum Gasteiger partial charge on any atom is -0.348 e. The Balaban J connectivity index is 2.04. The molecule has 1 unspecified atom stereocenters. The molecule has 5 heteroatoms. The minimum absolute atomic E-state index is 0.140. The van der Waals surface area contributed by atoms with Crippen molar-refractivity contribution in [1.29, 1.82) is 0 Å². The fourth-order valence-electron chi connectivity index (χ4n) is 2.40. The summed E-state index contributed by atoms with van der Waals surface area (Å²) >= 11 is 3.28.